The van der Waals surface area contributed by atoms with Crippen LogP contribution < -0.4 is 5.32 Å². The molecule has 0 aliphatic rings. The van der Waals surface area contributed by atoms with Crippen molar-refractivity contribution >= 4 is 61.7 Å². The van der Waals surface area contributed by atoms with Crippen molar-refractivity contribution in [2.45, 2.75) is 15.0 Å². The molecule has 1 aromatic heterocycles. The van der Waals surface area contributed by atoms with Gasteiger partial charge in [0, 0.05) is 17.8 Å². The van der Waals surface area contributed by atoms with Crippen molar-refractivity contribution < 1.29 is 23.1 Å². The lowest BCUT2D eigenvalue weighted by molar-refractivity contribution is -0.116. The van der Waals surface area contributed by atoms with Crippen LogP contribution in [0.2, 0.25) is 5.02 Å². The van der Waals surface area contributed by atoms with Crippen LogP contribution in [-0.4, -0.2) is 53.5 Å². The predicted octanol–water partition coefficient (Wildman–Crippen LogP) is 3.44. The number of likely N-dealkylation sites (N-methyl/N-ethyl adjacent to an activating group) is 1. The van der Waals surface area contributed by atoms with E-state index in [1.165, 1.54) is 55.2 Å². The number of carbonyl (C=O) groups excluding carboxylic acids is 1. The average molecular weight is 513 g/mol. The quantitative estimate of drug-likeness (QED) is 0.329. The number of nitrogens with one attached hydrogen (secondary N) is 1. The van der Waals surface area contributed by atoms with Crippen LogP contribution in [0.25, 0.3) is 0 Å². The Balaban J connectivity index is 1.53. The van der Waals surface area contributed by atoms with Gasteiger partial charge in [-0.05, 0) is 42.0 Å². The fourth-order valence-corrected chi connectivity index (χ4v) is 5.42. The fourth-order valence-electron chi connectivity index (χ4n) is 2.44. The number of sulfonamides is 1. The number of aromatic carboxylic acids is 1. The van der Waals surface area contributed by atoms with E-state index in [0.717, 1.165) is 21.2 Å². The molecule has 0 bridgehead atoms. The van der Waals surface area contributed by atoms with Crippen molar-refractivity contribution in [1.82, 2.24) is 14.5 Å². The molecule has 13 heteroatoms. The third-order valence-corrected chi connectivity index (χ3v) is 8.22. The summed E-state index contributed by atoms with van der Waals surface area (Å²) in [7, 11) is -2.54. The monoisotopic (exact) mass is 512 g/mol. The van der Waals surface area contributed by atoms with Gasteiger partial charge in [0.05, 0.1) is 17.0 Å². The molecule has 1 heterocycles. The highest BCUT2D eigenvalue weighted by atomic mass is 35.5. The number of carboxylic acid groups (broad SMARTS) is 1. The summed E-state index contributed by atoms with van der Waals surface area (Å²) in [6.07, 6.45) is 0. The topological polar surface area (TPSA) is 130 Å². The number of carbonyl (C=O) groups is 2. The van der Waals surface area contributed by atoms with Crippen LogP contribution in [0.15, 0.2) is 57.8 Å². The van der Waals surface area contributed by atoms with Crippen LogP contribution in [0.5, 0.6) is 0 Å². The minimum Gasteiger partial charge on any atom is -0.478 e. The maximum absolute atomic E-state index is 12.6. The molecule has 32 heavy (non-hydrogen) atoms. The molecule has 0 spiro atoms. The lowest BCUT2D eigenvalue weighted by Crippen LogP contribution is -2.34. The number of hydrogen-bond acceptors (Lipinski definition) is 8. The maximum atomic E-state index is 12.6. The van der Waals surface area contributed by atoms with E-state index < -0.39 is 28.4 Å². The molecule has 2 aromatic carbocycles. The Morgan fingerprint density at radius 2 is 1.78 bits per heavy atom. The zero-order valence-corrected chi connectivity index (χ0v) is 19.8. The van der Waals surface area contributed by atoms with Gasteiger partial charge in [0.2, 0.25) is 21.1 Å². The molecule has 0 unspecified atom stereocenters. The lowest BCUT2D eigenvalue weighted by atomic mass is 10.1. The van der Waals surface area contributed by atoms with Crippen molar-refractivity contribution in [1.29, 1.82) is 0 Å². The number of hydrogen-bond donors (Lipinski definition) is 2. The molecule has 0 saturated carbocycles. The van der Waals surface area contributed by atoms with Crippen LogP contribution in [0, 0.1) is 0 Å². The first-order valence-electron chi connectivity index (χ1n) is 8.95. The molecule has 0 fully saturated rings. The van der Waals surface area contributed by atoms with E-state index in [-0.39, 0.29) is 15.6 Å². The molecular formula is C19H17ClN4O5S3. The van der Waals surface area contributed by atoms with Gasteiger partial charge < -0.3 is 5.11 Å². The predicted molar refractivity (Wildman–Crippen MR) is 123 cm³/mol. The largest absolute Gasteiger partial charge is 0.478 e. The van der Waals surface area contributed by atoms with Gasteiger partial charge in [0.1, 0.15) is 0 Å². The number of halogens is 1. The van der Waals surface area contributed by atoms with E-state index in [1.54, 1.807) is 12.1 Å². The van der Waals surface area contributed by atoms with E-state index >= 15 is 0 Å². The molecule has 0 saturated heterocycles. The Bertz CT molecular complexity index is 1210. The number of benzene rings is 2. The molecule has 1 amide bonds. The summed E-state index contributed by atoms with van der Waals surface area (Å²) in [6.45, 7) is -0.400. The summed E-state index contributed by atoms with van der Waals surface area (Å²) in [5.41, 5.74) is 1.12. The first-order valence-corrected chi connectivity index (χ1v) is 12.6. The molecule has 0 radical (unpaired) electrons. The Morgan fingerprint density at radius 1 is 1.12 bits per heavy atom. The number of rotatable bonds is 9. The molecule has 168 valence electrons. The summed E-state index contributed by atoms with van der Waals surface area (Å²) in [6, 6.07) is 12.2. The number of carboxylic acids is 1. The second kappa shape index (κ2) is 10.4. The lowest BCUT2D eigenvalue weighted by Gasteiger charge is -2.16. The van der Waals surface area contributed by atoms with Gasteiger partial charge in [-0.1, -0.05) is 46.8 Å². The summed E-state index contributed by atoms with van der Waals surface area (Å²) in [4.78, 5) is 23.2. The van der Waals surface area contributed by atoms with E-state index in [1.807, 2.05) is 0 Å². The number of aromatic nitrogens is 2. The van der Waals surface area contributed by atoms with Crippen molar-refractivity contribution in [3.8, 4) is 0 Å². The standard InChI is InChI=1S/C19H17ClN4O5S3/c1-24(32(28,29)15-8-6-14(20)7-9-15)10-16(25)21-18-22-23-19(31-18)30-11-12-2-4-13(5-3-12)17(26)27/h2-9H,10-11H2,1H3,(H,26,27)(H,21,22,25). The second-order valence-corrected chi connectivity index (χ2v) is 11.1. The molecule has 3 rings (SSSR count). The van der Waals surface area contributed by atoms with Gasteiger partial charge >= 0.3 is 5.97 Å². The fraction of sp³-hybridized carbons (Fsp3) is 0.158. The van der Waals surface area contributed by atoms with Crippen molar-refractivity contribution in [2.75, 3.05) is 18.9 Å². The first-order chi connectivity index (χ1) is 15.1. The van der Waals surface area contributed by atoms with Gasteiger partial charge in [-0.25, -0.2) is 13.2 Å². The molecule has 0 aliphatic carbocycles. The third-order valence-electron chi connectivity index (χ3n) is 4.10. The van der Waals surface area contributed by atoms with Crippen LogP contribution >= 0.6 is 34.7 Å². The highest BCUT2D eigenvalue weighted by Gasteiger charge is 2.23. The zero-order valence-electron chi connectivity index (χ0n) is 16.6. The van der Waals surface area contributed by atoms with Crippen molar-refractivity contribution in [3.63, 3.8) is 0 Å². The maximum Gasteiger partial charge on any atom is 0.335 e. The van der Waals surface area contributed by atoms with Gasteiger partial charge in [-0.15, -0.1) is 10.2 Å². The van der Waals surface area contributed by atoms with Crippen molar-refractivity contribution in [3.05, 3.63) is 64.7 Å². The number of amides is 1. The summed E-state index contributed by atoms with van der Waals surface area (Å²) in [5, 5.41) is 20.0. The summed E-state index contributed by atoms with van der Waals surface area (Å²) in [5.74, 6) is -0.993. The minimum absolute atomic E-state index is 0.0307. The molecule has 2 N–H and O–H groups in total. The van der Waals surface area contributed by atoms with E-state index in [0.29, 0.717) is 15.1 Å². The Hall–Kier alpha value is -2.51. The second-order valence-electron chi connectivity index (χ2n) is 6.43. The van der Waals surface area contributed by atoms with Gasteiger partial charge in [-0.2, -0.15) is 4.31 Å². The summed E-state index contributed by atoms with van der Waals surface area (Å²) >= 11 is 8.32. The highest BCUT2D eigenvalue weighted by Crippen LogP contribution is 2.28. The van der Waals surface area contributed by atoms with Gasteiger partial charge in [0.15, 0.2) is 4.34 Å². The number of nitrogens with zero attached hydrogens (tertiary/aromatic N) is 3. The van der Waals surface area contributed by atoms with Gasteiger partial charge in [0.25, 0.3) is 0 Å². The molecule has 0 atom stereocenters. The normalized spacial score (nSPS) is 11.5. The smallest absolute Gasteiger partial charge is 0.335 e. The van der Waals surface area contributed by atoms with Crippen LogP contribution in [-0.2, 0) is 20.6 Å². The number of thioether (sulfide) groups is 1. The van der Waals surface area contributed by atoms with Gasteiger partial charge in [-0.3, -0.25) is 10.1 Å². The van der Waals surface area contributed by atoms with Crippen molar-refractivity contribution in [2.24, 2.45) is 0 Å². The van der Waals surface area contributed by atoms with E-state index in [9.17, 15) is 18.0 Å². The third kappa shape index (κ3) is 6.26. The zero-order chi connectivity index (χ0) is 23.3. The molecular weight excluding hydrogens is 496 g/mol. The Kier molecular flexibility index (Phi) is 7.85. The Morgan fingerprint density at radius 3 is 2.41 bits per heavy atom. The average Bonchev–Trinajstić information content (AvgIpc) is 3.19. The molecule has 0 aliphatic heterocycles. The minimum atomic E-state index is -3.85. The van der Waals surface area contributed by atoms with Crippen LogP contribution in [0.3, 0.4) is 0 Å². The Labute approximate surface area is 197 Å². The van der Waals surface area contributed by atoms with Crippen LogP contribution in [0.4, 0.5) is 5.13 Å². The first kappa shape index (κ1) is 24.1. The number of anilines is 1. The van der Waals surface area contributed by atoms with Crippen LogP contribution in [0.1, 0.15) is 15.9 Å². The SMILES string of the molecule is CN(CC(=O)Nc1nnc(SCc2ccc(C(=O)O)cc2)s1)S(=O)(=O)c1ccc(Cl)cc1. The highest BCUT2D eigenvalue weighted by molar-refractivity contribution is 8.00. The van der Waals surface area contributed by atoms with E-state index in [4.69, 9.17) is 16.7 Å². The van der Waals surface area contributed by atoms with E-state index in [2.05, 4.69) is 15.5 Å². The molecule has 9 nitrogen and oxygen atoms in total. The summed E-state index contributed by atoms with van der Waals surface area (Å²) < 4.78 is 26.6. The molecule has 3 aromatic rings.